The maximum Gasteiger partial charge on any atom is 0.258 e. The van der Waals surface area contributed by atoms with Gasteiger partial charge in [0.1, 0.15) is 6.33 Å². The molecule has 3 rings (SSSR count). The van der Waals surface area contributed by atoms with Crippen LogP contribution in [0.5, 0.6) is 0 Å². The molecule has 7 heteroatoms. The van der Waals surface area contributed by atoms with Crippen molar-refractivity contribution in [3.05, 3.63) is 76.0 Å². The van der Waals surface area contributed by atoms with Gasteiger partial charge in [-0.1, -0.05) is 40.2 Å². The van der Waals surface area contributed by atoms with E-state index < -0.39 is 0 Å². The van der Waals surface area contributed by atoms with E-state index in [4.69, 9.17) is 4.74 Å². The van der Waals surface area contributed by atoms with E-state index in [0.717, 1.165) is 15.6 Å². The Labute approximate surface area is 154 Å². The number of carbonyl (C=O) groups excluding carboxylic acids is 1. The van der Waals surface area contributed by atoms with Gasteiger partial charge in [0.25, 0.3) is 5.91 Å². The molecular weight excluding hydrogens is 384 g/mol. The third-order valence-electron chi connectivity index (χ3n) is 3.55. The zero-order chi connectivity index (χ0) is 17.6. The first kappa shape index (κ1) is 17.3. The molecule has 0 unspecified atom stereocenters. The molecule has 1 aromatic heterocycles. The zero-order valence-corrected chi connectivity index (χ0v) is 15.2. The number of methoxy groups -OCH3 is 1. The van der Waals surface area contributed by atoms with Crippen molar-refractivity contribution in [3.63, 3.8) is 0 Å². The van der Waals surface area contributed by atoms with Gasteiger partial charge in [-0.25, -0.2) is 9.67 Å². The fraction of sp³-hybridized carbons (Fsp3) is 0.167. The Bertz CT molecular complexity index is 844. The fourth-order valence-corrected chi connectivity index (χ4v) is 2.56. The molecule has 0 aliphatic carbocycles. The molecule has 0 spiro atoms. The van der Waals surface area contributed by atoms with Crippen LogP contribution in [0.1, 0.15) is 21.5 Å². The molecule has 0 saturated heterocycles. The van der Waals surface area contributed by atoms with E-state index in [9.17, 15) is 4.79 Å². The molecule has 0 bridgehead atoms. The highest BCUT2D eigenvalue weighted by atomic mass is 79.9. The molecule has 0 fully saturated rings. The second kappa shape index (κ2) is 8.04. The van der Waals surface area contributed by atoms with Crippen molar-refractivity contribution < 1.29 is 9.53 Å². The van der Waals surface area contributed by atoms with Crippen LogP contribution in [0.3, 0.4) is 0 Å². The Hall–Kier alpha value is -2.51. The van der Waals surface area contributed by atoms with E-state index in [0.29, 0.717) is 18.7 Å². The van der Waals surface area contributed by atoms with Crippen molar-refractivity contribution >= 4 is 27.8 Å². The number of rotatable bonds is 6. The van der Waals surface area contributed by atoms with Gasteiger partial charge in [-0.05, 0) is 35.4 Å². The normalized spacial score (nSPS) is 10.6. The monoisotopic (exact) mass is 400 g/mol. The number of hydrogen-bond acceptors (Lipinski definition) is 4. The number of hydrogen-bond donors (Lipinski definition) is 1. The molecule has 1 amide bonds. The molecule has 3 aromatic rings. The number of carbonyl (C=O) groups is 1. The summed E-state index contributed by atoms with van der Waals surface area (Å²) in [5, 5.41) is 6.99. The van der Waals surface area contributed by atoms with E-state index in [1.165, 1.54) is 0 Å². The highest BCUT2D eigenvalue weighted by Gasteiger charge is 2.09. The quantitative estimate of drug-likeness (QED) is 0.687. The lowest BCUT2D eigenvalue weighted by molar-refractivity contribution is 0.102. The van der Waals surface area contributed by atoms with Crippen LogP contribution in [0.2, 0.25) is 0 Å². The minimum Gasteiger partial charge on any atom is -0.380 e. The van der Waals surface area contributed by atoms with Crippen LogP contribution in [-0.2, 0) is 17.9 Å². The van der Waals surface area contributed by atoms with Crippen molar-refractivity contribution in [1.82, 2.24) is 14.8 Å². The molecular formula is C18H17BrN4O2. The second-order valence-electron chi connectivity index (χ2n) is 5.48. The highest BCUT2D eigenvalue weighted by molar-refractivity contribution is 9.10. The van der Waals surface area contributed by atoms with Gasteiger partial charge in [0.05, 0.1) is 13.2 Å². The van der Waals surface area contributed by atoms with Crippen molar-refractivity contribution in [2.45, 2.75) is 13.2 Å². The molecule has 0 aliphatic rings. The van der Waals surface area contributed by atoms with Crippen LogP contribution in [-0.4, -0.2) is 27.8 Å². The standard InChI is InChI=1S/C18H17BrN4O2/c1-25-11-14-2-6-15(7-3-14)17(24)21-18-20-12-23(22-18)10-13-4-8-16(19)9-5-13/h2-9,12H,10-11H2,1H3,(H,21,22,24). The Morgan fingerprint density at radius 1 is 1.12 bits per heavy atom. The zero-order valence-electron chi connectivity index (χ0n) is 13.6. The van der Waals surface area contributed by atoms with Gasteiger partial charge >= 0.3 is 0 Å². The summed E-state index contributed by atoms with van der Waals surface area (Å²) in [5.74, 6) is 0.0356. The number of benzene rings is 2. The summed E-state index contributed by atoms with van der Waals surface area (Å²) in [4.78, 5) is 16.4. The van der Waals surface area contributed by atoms with Crippen molar-refractivity contribution in [2.24, 2.45) is 0 Å². The van der Waals surface area contributed by atoms with Crippen LogP contribution in [0.25, 0.3) is 0 Å². The summed E-state index contributed by atoms with van der Waals surface area (Å²) in [7, 11) is 1.64. The van der Waals surface area contributed by atoms with E-state index in [2.05, 4.69) is 31.3 Å². The predicted octanol–water partition coefficient (Wildman–Crippen LogP) is 3.49. The number of nitrogens with one attached hydrogen (secondary N) is 1. The highest BCUT2D eigenvalue weighted by Crippen LogP contribution is 2.12. The smallest absolute Gasteiger partial charge is 0.258 e. The molecule has 128 valence electrons. The minimum absolute atomic E-state index is 0.245. The summed E-state index contributed by atoms with van der Waals surface area (Å²) in [5.41, 5.74) is 2.65. The number of nitrogens with zero attached hydrogens (tertiary/aromatic N) is 3. The molecule has 25 heavy (non-hydrogen) atoms. The lowest BCUT2D eigenvalue weighted by Crippen LogP contribution is -2.13. The maximum atomic E-state index is 12.3. The maximum absolute atomic E-state index is 12.3. The molecule has 6 nitrogen and oxygen atoms in total. The van der Waals surface area contributed by atoms with Gasteiger partial charge in [0, 0.05) is 17.1 Å². The van der Waals surface area contributed by atoms with E-state index in [1.807, 2.05) is 36.4 Å². The van der Waals surface area contributed by atoms with E-state index in [-0.39, 0.29) is 11.9 Å². The molecule has 0 atom stereocenters. The number of halogens is 1. The van der Waals surface area contributed by atoms with Crippen LogP contribution in [0.4, 0.5) is 5.95 Å². The molecule has 1 N–H and O–H groups in total. The van der Waals surface area contributed by atoms with E-state index in [1.54, 1.807) is 30.3 Å². The summed E-state index contributed by atoms with van der Waals surface area (Å²) in [6.07, 6.45) is 1.60. The van der Waals surface area contributed by atoms with Gasteiger partial charge in [-0.15, -0.1) is 5.10 Å². The van der Waals surface area contributed by atoms with E-state index >= 15 is 0 Å². The molecule has 1 heterocycles. The van der Waals surface area contributed by atoms with Gasteiger partial charge in [0.2, 0.25) is 5.95 Å². The van der Waals surface area contributed by atoms with Crippen LogP contribution < -0.4 is 5.32 Å². The number of amides is 1. The number of ether oxygens (including phenoxy) is 1. The Kier molecular flexibility index (Phi) is 5.57. The number of anilines is 1. The predicted molar refractivity (Wildman–Crippen MR) is 98.4 cm³/mol. The van der Waals surface area contributed by atoms with Crippen LogP contribution >= 0.6 is 15.9 Å². The lowest BCUT2D eigenvalue weighted by Gasteiger charge is -2.03. The average Bonchev–Trinajstić information content (AvgIpc) is 3.05. The van der Waals surface area contributed by atoms with Crippen LogP contribution in [0, 0.1) is 0 Å². The van der Waals surface area contributed by atoms with Gasteiger partial charge in [-0.3, -0.25) is 10.1 Å². The van der Waals surface area contributed by atoms with Gasteiger partial charge in [0.15, 0.2) is 0 Å². The molecule has 2 aromatic carbocycles. The first-order valence-corrected chi connectivity index (χ1v) is 8.46. The van der Waals surface area contributed by atoms with Crippen molar-refractivity contribution in [1.29, 1.82) is 0 Å². The minimum atomic E-state index is -0.245. The third-order valence-corrected chi connectivity index (χ3v) is 4.08. The largest absolute Gasteiger partial charge is 0.380 e. The summed E-state index contributed by atoms with van der Waals surface area (Å²) in [6, 6.07) is 15.2. The molecule has 0 saturated carbocycles. The van der Waals surface area contributed by atoms with Crippen molar-refractivity contribution in [2.75, 3.05) is 12.4 Å². The molecule has 0 radical (unpaired) electrons. The fourth-order valence-electron chi connectivity index (χ4n) is 2.30. The Morgan fingerprint density at radius 3 is 2.48 bits per heavy atom. The SMILES string of the molecule is COCc1ccc(C(=O)Nc2ncn(Cc3ccc(Br)cc3)n2)cc1. The second-order valence-corrected chi connectivity index (χ2v) is 6.39. The summed E-state index contributed by atoms with van der Waals surface area (Å²) in [6.45, 7) is 1.10. The molecule has 0 aliphatic heterocycles. The van der Waals surface area contributed by atoms with Gasteiger partial charge in [-0.2, -0.15) is 0 Å². The lowest BCUT2D eigenvalue weighted by atomic mass is 10.1. The van der Waals surface area contributed by atoms with Gasteiger partial charge < -0.3 is 4.74 Å². The topological polar surface area (TPSA) is 69.0 Å². The van der Waals surface area contributed by atoms with Crippen molar-refractivity contribution in [3.8, 4) is 0 Å². The Morgan fingerprint density at radius 2 is 1.80 bits per heavy atom. The first-order chi connectivity index (χ1) is 12.1. The summed E-state index contributed by atoms with van der Waals surface area (Å²) >= 11 is 3.41. The van der Waals surface area contributed by atoms with Crippen LogP contribution in [0.15, 0.2) is 59.3 Å². The Balaban J connectivity index is 1.62. The first-order valence-electron chi connectivity index (χ1n) is 7.67. The summed E-state index contributed by atoms with van der Waals surface area (Å²) < 4.78 is 7.76. The third kappa shape index (κ3) is 4.74. The number of aromatic nitrogens is 3. The average molecular weight is 401 g/mol.